The smallest absolute Gasteiger partial charge is 0.252 e. The summed E-state index contributed by atoms with van der Waals surface area (Å²) in [6, 6.07) is 21.2. The Morgan fingerprint density at radius 3 is 2.70 bits per heavy atom. The minimum absolute atomic E-state index is 0.131. The van der Waals surface area contributed by atoms with Crippen LogP contribution in [0.1, 0.15) is 15.9 Å². The fraction of sp³-hybridized carbons (Fsp3) is 0.0455. The molecule has 1 amide bonds. The molecule has 0 aliphatic rings. The molecule has 4 rings (SSSR count). The standard InChI is InChI=1S/C22H16BrN3O/c23-17-7-3-6-16(11-17)21-12-19(18-8-1-2-9-20(18)26-21)22(27)25-14-15-5-4-10-24-13-15/h1-13H,14H2,(H,25,27). The maximum Gasteiger partial charge on any atom is 0.252 e. The molecule has 1 N–H and O–H groups in total. The van der Waals surface area contributed by atoms with E-state index >= 15 is 0 Å². The summed E-state index contributed by atoms with van der Waals surface area (Å²) in [6.45, 7) is 0.426. The average molecular weight is 418 g/mol. The first-order valence-corrected chi connectivity index (χ1v) is 9.33. The number of nitrogens with zero attached hydrogens (tertiary/aromatic N) is 2. The van der Waals surface area contributed by atoms with Crippen molar-refractivity contribution in [2.45, 2.75) is 6.54 Å². The Morgan fingerprint density at radius 2 is 1.89 bits per heavy atom. The molecule has 0 radical (unpaired) electrons. The average Bonchev–Trinajstić information content (AvgIpc) is 2.72. The number of hydrogen-bond acceptors (Lipinski definition) is 3. The molecule has 0 spiro atoms. The van der Waals surface area contributed by atoms with Gasteiger partial charge < -0.3 is 5.32 Å². The molecule has 0 unspecified atom stereocenters. The highest BCUT2D eigenvalue weighted by molar-refractivity contribution is 9.10. The summed E-state index contributed by atoms with van der Waals surface area (Å²) in [5, 5.41) is 3.81. The van der Waals surface area contributed by atoms with E-state index in [1.807, 2.05) is 66.7 Å². The van der Waals surface area contributed by atoms with E-state index in [9.17, 15) is 4.79 Å². The van der Waals surface area contributed by atoms with E-state index in [4.69, 9.17) is 4.98 Å². The largest absolute Gasteiger partial charge is 0.348 e. The Hall–Kier alpha value is -3.05. The lowest BCUT2D eigenvalue weighted by molar-refractivity contribution is 0.0952. The molecule has 132 valence electrons. The van der Waals surface area contributed by atoms with E-state index < -0.39 is 0 Å². The van der Waals surface area contributed by atoms with E-state index in [2.05, 4.69) is 26.2 Å². The fourth-order valence-electron chi connectivity index (χ4n) is 2.94. The molecular formula is C22H16BrN3O. The summed E-state index contributed by atoms with van der Waals surface area (Å²) in [5.41, 5.74) is 4.08. The number of carbonyl (C=O) groups is 1. The quantitative estimate of drug-likeness (QED) is 0.508. The highest BCUT2D eigenvalue weighted by Crippen LogP contribution is 2.26. The van der Waals surface area contributed by atoms with Crippen LogP contribution in [0.4, 0.5) is 0 Å². The Kier molecular flexibility index (Phi) is 4.94. The van der Waals surface area contributed by atoms with Gasteiger partial charge in [0.25, 0.3) is 5.91 Å². The topological polar surface area (TPSA) is 54.9 Å². The number of nitrogens with one attached hydrogen (secondary N) is 1. The van der Waals surface area contributed by atoms with Gasteiger partial charge in [0.05, 0.1) is 16.8 Å². The van der Waals surface area contributed by atoms with Crippen LogP contribution in [0.2, 0.25) is 0 Å². The summed E-state index contributed by atoms with van der Waals surface area (Å²) in [4.78, 5) is 21.7. The molecule has 0 aliphatic heterocycles. The monoisotopic (exact) mass is 417 g/mol. The van der Waals surface area contributed by atoms with Gasteiger partial charge in [-0.05, 0) is 35.9 Å². The SMILES string of the molecule is O=C(NCc1cccnc1)c1cc(-c2cccc(Br)c2)nc2ccccc12. The molecule has 0 saturated heterocycles. The molecule has 2 heterocycles. The molecule has 0 aliphatic carbocycles. The first kappa shape index (κ1) is 17.4. The van der Waals surface area contributed by atoms with Gasteiger partial charge in [-0.2, -0.15) is 0 Å². The van der Waals surface area contributed by atoms with E-state index in [0.29, 0.717) is 12.1 Å². The van der Waals surface area contributed by atoms with Crippen LogP contribution in [-0.4, -0.2) is 15.9 Å². The van der Waals surface area contributed by atoms with Crippen molar-refractivity contribution in [3.63, 3.8) is 0 Å². The fourth-order valence-corrected chi connectivity index (χ4v) is 3.34. The molecule has 2 aromatic carbocycles. The third kappa shape index (κ3) is 3.88. The first-order chi connectivity index (χ1) is 13.2. The predicted molar refractivity (Wildman–Crippen MR) is 110 cm³/mol. The zero-order valence-corrected chi connectivity index (χ0v) is 16.0. The maximum atomic E-state index is 12.9. The van der Waals surface area contributed by atoms with Gasteiger partial charge in [-0.25, -0.2) is 4.98 Å². The third-order valence-corrected chi connectivity index (χ3v) is 4.75. The number of amides is 1. The van der Waals surface area contributed by atoms with Gasteiger partial charge in [0.15, 0.2) is 0 Å². The highest BCUT2D eigenvalue weighted by Gasteiger charge is 2.14. The predicted octanol–water partition coefficient (Wildman–Crippen LogP) is 4.99. The van der Waals surface area contributed by atoms with E-state index in [1.165, 1.54) is 0 Å². The van der Waals surface area contributed by atoms with Crippen molar-refractivity contribution in [3.05, 3.63) is 94.7 Å². The molecule has 2 aromatic heterocycles. The lowest BCUT2D eigenvalue weighted by Gasteiger charge is -2.11. The zero-order chi connectivity index (χ0) is 18.6. The van der Waals surface area contributed by atoms with Crippen molar-refractivity contribution >= 4 is 32.7 Å². The van der Waals surface area contributed by atoms with Gasteiger partial charge in [0.1, 0.15) is 0 Å². The van der Waals surface area contributed by atoms with Gasteiger partial charge in [0.2, 0.25) is 0 Å². The van der Waals surface area contributed by atoms with Gasteiger partial charge in [-0.15, -0.1) is 0 Å². The molecule has 0 saturated carbocycles. The lowest BCUT2D eigenvalue weighted by atomic mass is 10.0. The number of aromatic nitrogens is 2. The van der Waals surface area contributed by atoms with Crippen LogP contribution < -0.4 is 5.32 Å². The normalized spacial score (nSPS) is 10.7. The molecule has 4 nitrogen and oxygen atoms in total. The number of para-hydroxylation sites is 1. The molecule has 0 atom stereocenters. The van der Waals surface area contributed by atoms with Gasteiger partial charge in [-0.1, -0.05) is 52.3 Å². The Labute approximate surface area is 165 Å². The molecule has 27 heavy (non-hydrogen) atoms. The number of hydrogen-bond donors (Lipinski definition) is 1. The Bertz CT molecular complexity index is 1110. The molecule has 4 aromatic rings. The second kappa shape index (κ2) is 7.68. The zero-order valence-electron chi connectivity index (χ0n) is 14.4. The maximum absolute atomic E-state index is 12.9. The van der Waals surface area contributed by atoms with Crippen LogP contribution in [0.25, 0.3) is 22.2 Å². The van der Waals surface area contributed by atoms with Crippen LogP contribution in [0.5, 0.6) is 0 Å². The number of rotatable bonds is 4. The third-order valence-electron chi connectivity index (χ3n) is 4.26. The van der Waals surface area contributed by atoms with Crippen LogP contribution >= 0.6 is 15.9 Å². The number of benzene rings is 2. The van der Waals surface area contributed by atoms with Crippen molar-refractivity contribution in [1.29, 1.82) is 0 Å². The summed E-state index contributed by atoms with van der Waals surface area (Å²) in [6.07, 6.45) is 3.46. The van der Waals surface area contributed by atoms with E-state index in [1.54, 1.807) is 12.4 Å². The number of pyridine rings is 2. The van der Waals surface area contributed by atoms with Crippen LogP contribution in [0.3, 0.4) is 0 Å². The van der Waals surface area contributed by atoms with Gasteiger partial charge in [0, 0.05) is 34.4 Å². The van der Waals surface area contributed by atoms with Crippen molar-refractivity contribution in [3.8, 4) is 11.3 Å². The lowest BCUT2D eigenvalue weighted by Crippen LogP contribution is -2.23. The highest BCUT2D eigenvalue weighted by atomic mass is 79.9. The first-order valence-electron chi connectivity index (χ1n) is 8.53. The molecule has 0 fully saturated rings. The second-order valence-electron chi connectivity index (χ2n) is 6.13. The number of carbonyl (C=O) groups excluding carboxylic acids is 1. The van der Waals surface area contributed by atoms with E-state index in [0.717, 1.165) is 32.2 Å². The minimum atomic E-state index is -0.131. The number of halogens is 1. The van der Waals surface area contributed by atoms with Gasteiger partial charge in [-0.3, -0.25) is 9.78 Å². The molecule has 5 heteroatoms. The summed E-state index contributed by atoms with van der Waals surface area (Å²) in [7, 11) is 0. The molecule has 0 bridgehead atoms. The van der Waals surface area contributed by atoms with Crippen molar-refractivity contribution < 1.29 is 4.79 Å². The summed E-state index contributed by atoms with van der Waals surface area (Å²) < 4.78 is 0.970. The van der Waals surface area contributed by atoms with E-state index in [-0.39, 0.29) is 5.91 Å². The van der Waals surface area contributed by atoms with Crippen LogP contribution in [0, 0.1) is 0 Å². The van der Waals surface area contributed by atoms with Crippen molar-refractivity contribution in [2.75, 3.05) is 0 Å². The second-order valence-corrected chi connectivity index (χ2v) is 7.04. The van der Waals surface area contributed by atoms with Crippen LogP contribution in [0.15, 0.2) is 83.6 Å². The van der Waals surface area contributed by atoms with Crippen molar-refractivity contribution in [1.82, 2.24) is 15.3 Å². The molecular weight excluding hydrogens is 402 g/mol. The summed E-state index contributed by atoms with van der Waals surface area (Å²) >= 11 is 3.49. The summed E-state index contributed by atoms with van der Waals surface area (Å²) in [5.74, 6) is -0.131. The number of fused-ring (bicyclic) bond motifs is 1. The Balaban J connectivity index is 1.73. The minimum Gasteiger partial charge on any atom is -0.348 e. The van der Waals surface area contributed by atoms with Gasteiger partial charge >= 0.3 is 0 Å². The Morgan fingerprint density at radius 1 is 1.00 bits per heavy atom. The van der Waals surface area contributed by atoms with Crippen molar-refractivity contribution in [2.24, 2.45) is 0 Å². The van der Waals surface area contributed by atoms with Crippen LogP contribution in [-0.2, 0) is 6.54 Å².